The van der Waals surface area contributed by atoms with Crippen LogP contribution in [0.3, 0.4) is 0 Å². The highest BCUT2D eigenvalue weighted by Gasteiger charge is 2.36. The van der Waals surface area contributed by atoms with Gasteiger partial charge in [-0.25, -0.2) is 8.42 Å². The Bertz CT molecular complexity index is 412. The van der Waals surface area contributed by atoms with E-state index in [9.17, 15) is 8.42 Å². The molecule has 0 aromatic heterocycles. The molecule has 5 heteroatoms. The summed E-state index contributed by atoms with van der Waals surface area (Å²) in [5, 5.41) is 3.05. The largest absolute Gasteiger partial charge is 0.313 e. The smallest absolute Gasteiger partial charge is 0.218 e. The summed E-state index contributed by atoms with van der Waals surface area (Å²) in [7, 11) is -3.18. The molecule has 2 fully saturated rings. The van der Waals surface area contributed by atoms with Gasteiger partial charge in [0, 0.05) is 25.2 Å². The van der Waals surface area contributed by atoms with E-state index >= 15 is 0 Å². The fourth-order valence-corrected chi connectivity index (χ4v) is 4.81. The van der Waals surface area contributed by atoms with Crippen LogP contribution in [0.5, 0.6) is 0 Å². The molecule has 0 spiro atoms. The monoisotopic (exact) mass is 316 g/mol. The number of rotatable bonds is 9. The van der Waals surface area contributed by atoms with Gasteiger partial charge < -0.3 is 5.32 Å². The van der Waals surface area contributed by atoms with E-state index in [4.69, 9.17) is 0 Å². The topological polar surface area (TPSA) is 49.4 Å². The Morgan fingerprint density at radius 2 is 1.71 bits per heavy atom. The van der Waals surface area contributed by atoms with E-state index in [1.807, 2.05) is 11.2 Å². The molecule has 21 heavy (non-hydrogen) atoms. The molecule has 0 aromatic carbocycles. The average Bonchev–Trinajstić information content (AvgIpc) is 3.10. The first-order valence-corrected chi connectivity index (χ1v) is 10.2. The molecule has 0 aromatic rings. The van der Waals surface area contributed by atoms with Gasteiger partial charge in [0.25, 0.3) is 0 Å². The molecule has 0 heterocycles. The third-order valence-electron chi connectivity index (χ3n) is 4.77. The third-order valence-corrected chi connectivity index (χ3v) is 7.08. The SMILES string of the molecule is CC(C)CCN(C1CCCC1)S(=O)(=O)C(C)CNC1CC1. The summed E-state index contributed by atoms with van der Waals surface area (Å²) in [4.78, 5) is 0. The number of sulfonamides is 1. The van der Waals surface area contributed by atoms with Crippen LogP contribution in [0.25, 0.3) is 0 Å². The number of nitrogens with zero attached hydrogens (tertiary/aromatic N) is 1. The van der Waals surface area contributed by atoms with Gasteiger partial charge in [-0.2, -0.15) is 4.31 Å². The van der Waals surface area contributed by atoms with Gasteiger partial charge >= 0.3 is 0 Å². The lowest BCUT2D eigenvalue weighted by Crippen LogP contribution is -2.47. The molecular weight excluding hydrogens is 284 g/mol. The van der Waals surface area contributed by atoms with E-state index in [0.717, 1.165) is 19.3 Å². The molecule has 124 valence electrons. The maximum absolute atomic E-state index is 12.9. The Hall–Kier alpha value is -0.130. The van der Waals surface area contributed by atoms with Crippen molar-refractivity contribution in [1.82, 2.24) is 9.62 Å². The minimum absolute atomic E-state index is 0.247. The highest BCUT2D eigenvalue weighted by molar-refractivity contribution is 7.89. The summed E-state index contributed by atoms with van der Waals surface area (Å²) in [6.07, 6.45) is 7.79. The fourth-order valence-electron chi connectivity index (χ4n) is 3.05. The van der Waals surface area contributed by atoms with Crippen LogP contribution in [0, 0.1) is 5.92 Å². The summed E-state index contributed by atoms with van der Waals surface area (Å²) in [5.41, 5.74) is 0. The van der Waals surface area contributed by atoms with E-state index in [-0.39, 0.29) is 11.3 Å². The molecule has 0 bridgehead atoms. The van der Waals surface area contributed by atoms with Crippen LogP contribution in [-0.2, 0) is 10.0 Å². The standard InChI is InChI=1S/C16H32N2O2S/c1-13(2)10-11-18(16-6-4-5-7-16)21(19,20)14(3)12-17-15-8-9-15/h13-17H,4-12H2,1-3H3. The minimum Gasteiger partial charge on any atom is -0.313 e. The van der Waals surface area contributed by atoms with Crippen molar-refractivity contribution in [3.05, 3.63) is 0 Å². The first-order chi connectivity index (χ1) is 9.91. The summed E-state index contributed by atoms with van der Waals surface area (Å²) in [5.74, 6) is 0.545. The van der Waals surface area contributed by atoms with Crippen LogP contribution in [0.4, 0.5) is 0 Å². The van der Waals surface area contributed by atoms with Crippen molar-refractivity contribution in [2.45, 2.75) is 83.1 Å². The molecule has 2 rings (SSSR count). The van der Waals surface area contributed by atoms with Crippen LogP contribution in [0.2, 0.25) is 0 Å². The Morgan fingerprint density at radius 3 is 2.24 bits per heavy atom. The van der Waals surface area contributed by atoms with Gasteiger partial charge in [-0.3, -0.25) is 0 Å². The lowest BCUT2D eigenvalue weighted by atomic mass is 10.1. The molecule has 4 nitrogen and oxygen atoms in total. The van der Waals surface area contributed by atoms with Crippen molar-refractivity contribution in [1.29, 1.82) is 0 Å². The van der Waals surface area contributed by atoms with Crippen molar-refractivity contribution >= 4 is 10.0 Å². The normalized spacial score (nSPS) is 22.3. The van der Waals surface area contributed by atoms with Gasteiger partial charge in [-0.15, -0.1) is 0 Å². The van der Waals surface area contributed by atoms with E-state index < -0.39 is 10.0 Å². The van der Waals surface area contributed by atoms with Crippen LogP contribution in [-0.4, -0.2) is 43.1 Å². The third kappa shape index (κ3) is 4.93. The van der Waals surface area contributed by atoms with E-state index in [0.29, 0.717) is 25.0 Å². The lowest BCUT2D eigenvalue weighted by Gasteiger charge is -2.31. The summed E-state index contributed by atoms with van der Waals surface area (Å²) < 4.78 is 27.7. The molecule has 1 atom stereocenters. The molecule has 2 saturated carbocycles. The van der Waals surface area contributed by atoms with Gasteiger partial charge in [-0.1, -0.05) is 26.7 Å². The highest BCUT2D eigenvalue weighted by Crippen LogP contribution is 2.28. The predicted molar refractivity (Wildman–Crippen MR) is 87.8 cm³/mol. The number of nitrogens with one attached hydrogen (secondary N) is 1. The zero-order valence-corrected chi connectivity index (χ0v) is 14.7. The molecule has 1 unspecified atom stereocenters. The average molecular weight is 317 g/mol. The molecule has 2 aliphatic rings. The zero-order chi connectivity index (χ0) is 15.5. The van der Waals surface area contributed by atoms with Gasteiger partial charge in [0.2, 0.25) is 10.0 Å². The van der Waals surface area contributed by atoms with Crippen LogP contribution >= 0.6 is 0 Å². The fraction of sp³-hybridized carbons (Fsp3) is 1.00. The molecular formula is C16H32N2O2S. The van der Waals surface area contributed by atoms with Gasteiger partial charge in [0.05, 0.1) is 5.25 Å². The van der Waals surface area contributed by atoms with Gasteiger partial charge in [-0.05, 0) is 44.9 Å². The summed E-state index contributed by atoms with van der Waals surface area (Å²) in [6, 6.07) is 0.815. The van der Waals surface area contributed by atoms with Gasteiger partial charge in [0.15, 0.2) is 0 Å². The number of hydrogen-bond donors (Lipinski definition) is 1. The highest BCUT2D eigenvalue weighted by atomic mass is 32.2. The molecule has 0 radical (unpaired) electrons. The molecule has 2 aliphatic carbocycles. The Balaban J connectivity index is 2.00. The second kappa shape index (κ2) is 7.42. The Labute approximate surface area is 130 Å². The van der Waals surface area contributed by atoms with E-state index in [1.54, 1.807) is 0 Å². The van der Waals surface area contributed by atoms with Crippen molar-refractivity contribution in [2.24, 2.45) is 5.92 Å². The second-order valence-corrected chi connectivity index (χ2v) is 9.57. The molecule has 0 amide bonds. The summed E-state index contributed by atoms with van der Waals surface area (Å²) >= 11 is 0. The van der Waals surface area contributed by atoms with E-state index in [1.165, 1.54) is 25.7 Å². The number of hydrogen-bond acceptors (Lipinski definition) is 3. The molecule has 0 saturated heterocycles. The Kier molecular flexibility index (Phi) is 6.09. The van der Waals surface area contributed by atoms with Crippen molar-refractivity contribution in [3.63, 3.8) is 0 Å². The molecule has 1 N–H and O–H groups in total. The maximum atomic E-state index is 12.9. The van der Waals surface area contributed by atoms with Crippen molar-refractivity contribution in [3.8, 4) is 0 Å². The minimum atomic E-state index is -3.18. The second-order valence-electron chi connectivity index (χ2n) is 7.27. The molecule has 0 aliphatic heterocycles. The van der Waals surface area contributed by atoms with Crippen LogP contribution in [0.15, 0.2) is 0 Å². The van der Waals surface area contributed by atoms with Gasteiger partial charge in [0.1, 0.15) is 0 Å². The quantitative estimate of drug-likeness (QED) is 0.711. The lowest BCUT2D eigenvalue weighted by molar-refractivity contribution is 0.301. The Morgan fingerprint density at radius 1 is 1.10 bits per heavy atom. The van der Waals surface area contributed by atoms with Crippen LogP contribution < -0.4 is 5.32 Å². The predicted octanol–water partition coefficient (Wildman–Crippen LogP) is 2.75. The van der Waals surface area contributed by atoms with Crippen molar-refractivity contribution in [2.75, 3.05) is 13.1 Å². The maximum Gasteiger partial charge on any atom is 0.218 e. The summed E-state index contributed by atoms with van der Waals surface area (Å²) in [6.45, 7) is 7.48. The van der Waals surface area contributed by atoms with E-state index in [2.05, 4.69) is 19.2 Å². The van der Waals surface area contributed by atoms with Crippen LogP contribution in [0.1, 0.15) is 65.7 Å². The first kappa shape index (κ1) is 17.2. The first-order valence-electron chi connectivity index (χ1n) is 8.65. The van der Waals surface area contributed by atoms with Crippen molar-refractivity contribution < 1.29 is 8.42 Å². The zero-order valence-electron chi connectivity index (χ0n) is 13.8.